The fraction of sp³-hybridized carbons (Fsp3) is 0.500. The Hall–Kier alpha value is -1.60. The van der Waals surface area contributed by atoms with Crippen molar-refractivity contribution in [3.63, 3.8) is 0 Å². The number of aliphatic hydroxyl groups excluding tert-OH is 1. The summed E-state index contributed by atoms with van der Waals surface area (Å²) >= 11 is 0. The van der Waals surface area contributed by atoms with Crippen molar-refractivity contribution in [1.29, 1.82) is 0 Å². The summed E-state index contributed by atoms with van der Waals surface area (Å²) in [7, 11) is 0. The van der Waals surface area contributed by atoms with Gasteiger partial charge in [-0.05, 0) is 25.5 Å². The lowest BCUT2D eigenvalue weighted by Gasteiger charge is -2.28. The van der Waals surface area contributed by atoms with E-state index >= 15 is 0 Å². The van der Waals surface area contributed by atoms with Crippen molar-refractivity contribution in [2.75, 3.05) is 13.1 Å². The van der Waals surface area contributed by atoms with E-state index in [0.29, 0.717) is 0 Å². The fourth-order valence-electron chi connectivity index (χ4n) is 1.71. The number of alkyl halides is 3. The Labute approximate surface area is 120 Å². The highest BCUT2D eigenvalue weighted by Crippen LogP contribution is 2.36. The molecule has 0 saturated heterocycles. The molecule has 1 aromatic rings. The summed E-state index contributed by atoms with van der Waals surface area (Å²) in [6.45, 7) is 1.57. The van der Waals surface area contributed by atoms with Gasteiger partial charge in [-0.3, -0.25) is 0 Å². The zero-order valence-corrected chi connectivity index (χ0v) is 11.7. The highest BCUT2D eigenvalue weighted by Gasteiger charge is 2.46. The SMILES string of the molecule is CC(C)(CNCC(O)c1ccccc1C(=O)O)C(F)(F)F. The van der Waals surface area contributed by atoms with Crippen LogP contribution >= 0.6 is 0 Å². The Balaban J connectivity index is 2.68. The highest BCUT2D eigenvalue weighted by molar-refractivity contribution is 5.89. The molecule has 0 spiro atoms. The average Bonchev–Trinajstić information content (AvgIpc) is 2.37. The van der Waals surface area contributed by atoms with Crippen molar-refractivity contribution in [3.8, 4) is 0 Å². The number of rotatable bonds is 6. The summed E-state index contributed by atoms with van der Waals surface area (Å²) in [5, 5.41) is 21.5. The van der Waals surface area contributed by atoms with Crippen molar-refractivity contribution in [1.82, 2.24) is 5.32 Å². The first kappa shape index (κ1) is 17.5. The molecular formula is C14H18F3NO3. The molecule has 0 bridgehead atoms. The monoisotopic (exact) mass is 305 g/mol. The second kappa shape index (κ2) is 6.44. The van der Waals surface area contributed by atoms with E-state index in [1.165, 1.54) is 18.2 Å². The Morgan fingerprint density at radius 1 is 1.29 bits per heavy atom. The van der Waals surface area contributed by atoms with Crippen LogP contribution < -0.4 is 5.32 Å². The van der Waals surface area contributed by atoms with Crippen LogP contribution in [0.25, 0.3) is 0 Å². The Morgan fingerprint density at radius 2 is 1.86 bits per heavy atom. The number of hydrogen-bond donors (Lipinski definition) is 3. The summed E-state index contributed by atoms with van der Waals surface area (Å²) in [5.74, 6) is -1.19. The van der Waals surface area contributed by atoms with Gasteiger partial charge < -0.3 is 15.5 Å². The van der Waals surface area contributed by atoms with Crippen molar-refractivity contribution >= 4 is 5.97 Å². The number of aromatic carboxylic acids is 1. The molecule has 0 fully saturated rings. The zero-order valence-electron chi connectivity index (χ0n) is 11.7. The van der Waals surface area contributed by atoms with Gasteiger partial charge in [0.15, 0.2) is 0 Å². The Kier molecular flexibility index (Phi) is 5.36. The lowest BCUT2D eigenvalue weighted by molar-refractivity contribution is -0.209. The topological polar surface area (TPSA) is 69.6 Å². The summed E-state index contributed by atoms with van der Waals surface area (Å²) in [6.07, 6.45) is -5.55. The molecule has 7 heteroatoms. The van der Waals surface area contributed by atoms with Crippen LogP contribution in [0.3, 0.4) is 0 Å². The number of aliphatic hydroxyl groups is 1. The molecule has 1 atom stereocenters. The number of carboxylic acid groups (broad SMARTS) is 1. The molecule has 118 valence electrons. The van der Waals surface area contributed by atoms with Gasteiger partial charge in [-0.25, -0.2) is 4.79 Å². The predicted octanol–water partition coefficient (Wildman–Crippen LogP) is 2.60. The second-order valence-corrected chi connectivity index (χ2v) is 5.42. The minimum Gasteiger partial charge on any atom is -0.478 e. The molecule has 0 saturated carbocycles. The maximum absolute atomic E-state index is 12.7. The van der Waals surface area contributed by atoms with Crippen molar-refractivity contribution < 1.29 is 28.2 Å². The van der Waals surface area contributed by atoms with Crippen LogP contribution in [-0.2, 0) is 0 Å². The number of carboxylic acids is 1. The van der Waals surface area contributed by atoms with Gasteiger partial charge in [0, 0.05) is 13.1 Å². The van der Waals surface area contributed by atoms with Crippen LogP contribution in [0.1, 0.15) is 35.9 Å². The molecule has 1 rings (SSSR count). The molecule has 0 radical (unpaired) electrons. The van der Waals surface area contributed by atoms with Crippen LogP contribution in [0.5, 0.6) is 0 Å². The molecule has 1 aromatic carbocycles. The molecule has 0 aliphatic rings. The minimum atomic E-state index is -4.36. The Bertz CT molecular complexity index is 500. The summed E-state index contributed by atoms with van der Waals surface area (Å²) in [6, 6.07) is 5.84. The standard InChI is InChI=1S/C14H18F3NO3/c1-13(2,14(15,16)17)8-18-7-11(19)9-5-3-4-6-10(9)12(20)21/h3-6,11,18-19H,7-8H2,1-2H3,(H,20,21). The van der Waals surface area contributed by atoms with E-state index in [9.17, 15) is 23.1 Å². The maximum atomic E-state index is 12.7. The number of halogens is 3. The van der Waals surface area contributed by atoms with Crippen molar-refractivity contribution in [2.45, 2.75) is 26.1 Å². The largest absolute Gasteiger partial charge is 0.478 e. The fourth-order valence-corrected chi connectivity index (χ4v) is 1.71. The molecule has 3 N–H and O–H groups in total. The first-order valence-corrected chi connectivity index (χ1v) is 6.34. The predicted molar refractivity (Wildman–Crippen MR) is 71.1 cm³/mol. The third-order valence-corrected chi connectivity index (χ3v) is 3.22. The Morgan fingerprint density at radius 3 is 2.38 bits per heavy atom. The van der Waals surface area contributed by atoms with Crippen LogP contribution in [0.15, 0.2) is 24.3 Å². The maximum Gasteiger partial charge on any atom is 0.395 e. The lowest BCUT2D eigenvalue weighted by Crippen LogP contribution is -2.42. The molecule has 1 unspecified atom stereocenters. The van der Waals surface area contributed by atoms with E-state index in [0.717, 1.165) is 13.8 Å². The van der Waals surface area contributed by atoms with E-state index in [1.54, 1.807) is 6.07 Å². The summed E-state index contributed by atoms with van der Waals surface area (Å²) in [4.78, 5) is 11.0. The number of nitrogens with one attached hydrogen (secondary N) is 1. The van der Waals surface area contributed by atoms with Gasteiger partial charge in [0.25, 0.3) is 0 Å². The molecule has 0 amide bonds. The van der Waals surface area contributed by atoms with Gasteiger partial charge in [0.1, 0.15) is 0 Å². The zero-order chi connectivity index (χ0) is 16.3. The lowest BCUT2D eigenvalue weighted by atomic mass is 9.92. The van der Waals surface area contributed by atoms with Crippen molar-refractivity contribution in [3.05, 3.63) is 35.4 Å². The van der Waals surface area contributed by atoms with Gasteiger partial charge in [-0.1, -0.05) is 18.2 Å². The molecule has 0 heterocycles. The number of benzene rings is 1. The molecule has 0 aliphatic carbocycles. The quantitative estimate of drug-likeness (QED) is 0.755. The van der Waals surface area contributed by atoms with Crippen LogP contribution in [0.2, 0.25) is 0 Å². The molecule has 0 aromatic heterocycles. The first-order chi connectivity index (χ1) is 9.56. The number of hydrogen-bond acceptors (Lipinski definition) is 3. The van der Waals surface area contributed by atoms with Crippen LogP contribution in [0.4, 0.5) is 13.2 Å². The van der Waals surface area contributed by atoms with E-state index in [4.69, 9.17) is 5.11 Å². The van der Waals surface area contributed by atoms with E-state index in [1.807, 2.05) is 0 Å². The van der Waals surface area contributed by atoms with Gasteiger partial charge in [-0.2, -0.15) is 13.2 Å². The minimum absolute atomic E-state index is 0.0677. The normalized spacial score (nSPS) is 14.0. The summed E-state index contributed by atoms with van der Waals surface area (Å²) in [5.41, 5.74) is -1.83. The van der Waals surface area contributed by atoms with E-state index in [-0.39, 0.29) is 24.2 Å². The van der Waals surface area contributed by atoms with Gasteiger partial charge >= 0.3 is 12.1 Å². The van der Waals surface area contributed by atoms with Gasteiger partial charge in [0.05, 0.1) is 17.1 Å². The average molecular weight is 305 g/mol. The first-order valence-electron chi connectivity index (χ1n) is 6.34. The highest BCUT2D eigenvalue weighted by atomic mass is 19.4. The molecule has 4 nitrogen and oxygen atoms in total. The summed E-state index contributed by atoms with van der Waals surface area (Å²) < 4.78 is 38.0. The molecule has 21 heavy (non-hydrogen) atoms. The third-order valence-electron chi connectivity index (χ3n) is 3.22. The number of carbonyl (C=O) groups is 1. The van der Waals surface area contributed by atoms with Gasteiger partial charge in [0.2, 0.25) is 0 Å². The van der Waals surface area contributed by atoms with E-state index < -0.39 is 23.7 Å². The molecule has 0 aliphatic heterocycles. The van der Waals surface area contributed by atoms with Crippen LogP contribution in [0, 0.1) is 5.41 Å². The van der Waals surface area contributed by atoms with E-state index in [2.05, 4.69) is 5.32 Å². The molecular weight excluding hydrogens is 287 g/mol. The van der Waals surface area contributed by atoms with Gasteiger partial charge in [-0.15, -0.1) is 0 Å². The smallest absolute Gasteiger partial charge is 0.395 e. The van der Waals surface area contributed by atoms with Crippen LogP contribution in [-0.4, -0.2) is 35.4 Å². The second-order valence-electron chi connectivity index (χ2n) is 5.42. The third kappa shape index (κ3) is 4.44. The van der Waals surface area contributed by atoms with Crippen molar-refractivity contribution in [2.24, 2.45) is 5.41 Å².